The molecule has 2 atom stereocenters. The van der Waals surface area contributed by atoms with Gasteiger partial charge in [-0.2, -0.15) is 0 Å². The van der Waals surface area contributed by atoms with Gasteiger partial charge in [-0.3, -0.25) is 9.80 Å². The lowest BCUT2D eigenvalue weighted by Crippen LogP contribution is -2.53. The minimum Gasteiger partial charge on any atom is -0.329 e. The number of aryl methyl sites for hydroxylation is 1. The molecule has 2 N–H and O–H groups in total. The third kappa shape index (κ3) is 3.19. The maximum absolute atomic E-state index is 14.1. The topological polar surface area (TPSA) is 32.5 Å². The van der Waals surface area contributed by atoms with Crippen LogP contribution in [0.2, 0.25) is 0 Å². The molecule has 112 valence electrons. The van der Waals surface area contributed by atoms with Gasteiger partial charge < -0.3 is 5.73 Å². The first-order valence-electron chi connectivity index (χ1n) is 7.51. The van der Waals surface area contributed by atoms with Crippen molar-refractivity contribution in [2.75, 3.05) is 32.7 Å². The van der Waals surface area contributed by atoms with Gasteiger partial charge in [0, 0.05) is 37.8 Å². The van der Waals surface area contributed by atoms with E-state index in [4.69, 9.17) is 5.73 Å². The summed E-state index contributed by atoms with van der Waals surface area (Å²) in [5.74, 6) is -0.142. The number of nitrogens with zero attached hydrogens (tertiary/aromatic N) is 2. The maximum Gasteiger partial charge on any atom is 0.128 e. The Labute approximate surface area is 121 Å². The van der Waals surface area contributed by atoms with E-state index < -0.39 is 0 Å². The van der Waals surface area contributed by atoms with Gasteiger partial charge in [-0.15, -0.1) is 0 Å². The van der Waals surface area contributed by atoms with Crippen LogP contribution in [0.4, 0.5) is 4.39 Å². The Morgan fingerprint density at radius 1 is 1.40 bits per heavy atom. The maximum atomic E-state index is 14.1. The van der Waals surface area contributed by atoms with Gasteiger partial charge in [0.1, 0.15) is 5.82 Å². The first-order chi connectivity index (χ1) is 9.56. The van der Waals surface area contributed by atoms with Crippen LogP contribution >= 0.6 is 0 Å². The van der Waals surface area contributed by atoms with Crippen molar-refractivity contribution in [2.24, 2.45) is 5.73 Å². The van der Waals surface area contributed by atoms with E-state index in [1.807, 2.05) is 19.1 Å². The van der Waals surface area contributed by atoms with Crippen LogP contribution in [0.1, 0.15) is 31.0 Å². The average molecular weight is 279 g/mol. The fourth-order valence-electron chi connectivity index (χ4n) is 3.17. The highest BCUT2D eigenvalue weighted by Crippen LogP contribution is 2.26. The zero-order valence-corrected chi connectivity index (χ0v) is 12.8. The Morgan fingerprint density at radius 2 is 2.15 bits per heavy atom. The molecule has 1 aromatic rings. The summed E-state index contributed by atoms with van der Waals surface area (Å²) in [7, 11) is 0. The molecular weight excluding hydrogens is 253 g/mol. The molecule has 0 amide bonds. The highest BCUT2D eigenvalue weighted by atomic mass is 19.1. The summed E-state index contributed by atoms with van der Waals surface area (Å²) in [6.07, 6.45) is 0. The first kappa shape index (κ1) is 15.4. The van der Waals surface area contributed by atoms with Gasteiger partial charge in [-0.25, -0.2) is 4.39 Å². The lowest BCUT2D eigenvalue weighted by atomic mass is 10.0. The Balaban J connectivity index is 2.18. The Hall–Kier alpha value is -0.970. The van der Waals surface area contributed by atoms with E-state index in [0.29, 0.717) is 12.6 Å². The third-order valence-corrected chi connectivity index (χ3v) is 4.38. The zero-order valence-electron chi connectivity index (χ0n) is 12.8. The molecule has 1 heterocycles. The van der Waals surface area contributed by atoms with Crippen LogP contribution in [0.3, 0.4) is 0 Å². The Morgan fingerprint density at radius 3 is 2.75 bits per heavy atom. The number of hydrogen-bond donors (Lipinski definition) is 1. The second-order valence-electron chi connectivity index (χ2n) is 5.75. The SMILES string of the molecule is CCN1CCN(C(CN)c2cc(C)ccc2F)CC1C. The van der Waals surface area contributed by atoms with Crippen LogP contribution in [0.15, 0.2) is 18.2 Å². The quantitative estimate of drug-likeness (QED) is 0.917. The van der Waals surface area contributed by atoms with Crippen LogP contribution in [0, 0.1) is 12.7 Å². The fourth-order valence-corrected chi connectivity index (χ4v) is 3.17. The molecule has 1 aliphatic heterocycles. The lowest BCUT2D eigenvalue weighted by molar-refractivity contribution is 0.0596. The van der Waals surface area contributed by atoms with Crippen LogP contribution in [-0.4, -0.2) is 48.6 Å². The zero-order chi connectivity index (χ0) is 14.7. The lowest BCUT2D eigenvalue weighted by Gasteiger charge is -2.43. The average Bonchev–Trinajstić information content (AvgIpc) is 2.44. The van der Waals surface area contributed by atoms with E-state index in [9.17, 15) is 4.39 Å². The summed E-state index contributed by atoms with van der Waals surface area (Å²) in [6, 6.07) is 5.78. The Kier molecular flexibility index (Phi) is 5.13. The molecule has 1 fully saturated rings. The van der Waals surface area contributed by atoms with Crippen molar-refractivity contribution in [1.29, 1.82) is 0 Å². The van der Waals surface area contributed by atoms with Gasteiger partial charge in [0.05, 0.1) is 6.04 Å². The summed E-state index contributed by atoms with van der Waals surface area (Å²) < 4.78 is 14.1. The summed E-state index contributed by atoms with van der Waals surface area (Å²) in [4.78, 5) is 4.78. The van der Waals surface area contributed by atoms with Gasteiger partial charge >= 0.3 is 0 Å². The number of benzene rings is 1. The van der Waals surface area contributed by atoms with Crippen LogP contribution in [0.5, 0.6) is 0 Å². The van der Waals surface area contributed by atoms with Crippen molar-refractivity contribution >= 4 is 0 Å². The normalized spacial score (nSPS) is 22.9. The summed E-state index contributed by atoms with van der Waals surface area (Å²) >= 11 is 0. The van der Waals surface area contributed by atoms with Gasteiger partial charge in [-0.1, -0.05) is 24.6 Å². The second-order valence-corrected chi connectivity index (χ2v) is 5.75. The van der Waals surface area contributed by atoms with Crippen molar-refractivity contribution in [1.82, 2.24) is 9.80 Å². The molecule has 0 aliphatic carbocycles. The molecule has 20 heavy (non-hydrogen) atoms. The van der Waals surface area contributed by atoms with Gasteiger partial charge in [0.25, 0.3) is 0 Å². The van der Waals surface area contributed by atoms with Gasteiger partial charge in [0.15, 0.2) is 0 Å². The number of likely N-dealkylation sites (N-methyl/N-ethyl adjacent to an activating group) is 1. The van der Waals surface area contributed by atoms with Gasteiger partial charge in [0.2, 0.25) is 0 Å². The van der Waals surface area contributed by atoms with Gasteiger partial charge in [-0.05, 0) is 26.5 Å². The number of hydrogen-bond acceptors (Lipinski definition) is 3. The predicted octanol–water partition coefficient (Wildman–Crippen LogP) is 2.16. The van der Waals surface area contributed by atoms with Crippen molar-refractivity contribution in [2.45, 2.75) is 32.9 Å². The molecule has 2 unspecified atom stereocenters. The van der Waals surface area contributed by atoms with Crippen molar-refractivity contribution < 1.29 is 4.39 Å². The molecule has 4 heteroatoms. The van der Waals surface area contributed by atoms with Crippen molar-refractivity contribution in [3.05, 3.63) is 35.1 Å². The second kappa shape index (κ2) is 6.66. The molecule has 0 saturated carbocycles. The highest BCUT2D eigenvalue weighted by Gasteiger charge is 2.29. The number of rotatable bonds is 4. The van der Waals surface area contributed by atoms with Crippen molar-refractivity contribution in [3.63, 3.8) is 0 Å². The molecule has 0 radical (unpaired) electrons. The van der Waals surface area contributed by atoms with E-state index in [1.54, 1.807) is 6.07 Å². The Bertz CT molecular complexity index is 449. The fraction of sp³-hybridized carbons (Fsp3) is 0.625. The van der Waals surface area contributed by atoms with Crippen molar-refractivity contribution in [3.8, 4) is 0 Å². The van der Waals surface area contributed by atoms with E-state index in [2.05, 4.69) is 23.6 Å². The monoisotopic (exact) mass is 279 g/mol. The molecule has 0 aromatic heterocycles. The minimum absolute atomic E-state index is 0.0173. The smallest absolute Gasteiger partial charge is 0.128 e. The summed E-state index contributed by atoms with van der Waals surface area (Å²) in [5.41, 5.74) is 7.77. The summed E-state index contributed by atoms with van der Waals surface area (Å²) in [6.45, 7) is 10.9. The van der Waals surface area contributed by atoms with E-state index >= 15 is 0 Å². The number of halogens is 1. The third-order valence-electron chi connectivity index (χ3n) is 4.38. The largest absolute Gasteiger partial charge is 0.329 e. The van der Waals surface area contributed by atoms with E-state index in [1.165, 1.54) is 0 Å². The molecule has 1 aliphatic rings. The molecule has 1 aromatic carbocycles. The summed E-state index contributed by atoms with van der Waals surface area (Å²) in [5, 5.41) is 0. The molecular formula is C16H26FN3. The molecule has 3 nitrogen and oxygen atoms in total. The standard InChI is InChI=1S/C16H26FN3/c1-4-19-7-8-20(11-13(19)3)16(10-18)14-9-12(2)5-6-15(14)17/h5-6,9,13,16H,4,7-8,10-11,18H2,1-3H3. The number of piperazine rings is 1. The molecule has 0 spiro atoms. The molecule has 2 rings (SSSR count). The number of nitrogens with two attached hydrogens (primary N) is 1. The van der Waals surface area contributed by atoms with Crippen LogP contribution < -0.4 is 5.73 Å². The van der Waals surface area contributed by atoms with Crippen LogP contribution in [0.25, 0.3) is 0 Å². The minimum atomic E-state index is -0.142. The molecule has 1 saturated heterocycles. The van der Waals surface area contributed by atoms with E-state index in [-0.39, 0.29) is 11.9 Å². The first-order valence-corrected chi connectivity index (χ1v) is 7.51. The predicted molar refractivity (Wildman–Crippen MR) is 81.2 cm³/mol. The van der Waals surface area contributed by atoms with Crippen LogP contribution in [-0.2, 0) is 0 Å². The molecule has 0 bridgehead atoms. The van der Waals surface area contributed by atoms with E-state index in [0.717, 1.165) is 37.3 Å². The highest BCUT2D eigenvalue weighted by molar-refractivity contribution is 5.27.